The van der Waals surface area contributed by atoms with Crippen LogP contribution in [0.15, 0.2) is 47.6 Å². The molecule has 0 aromatic rings. The van der Waals surface area contributed by atoms with Crippen molar-refractivity contribution in [2.45, 2.75) is 6.42 Å². The van der Waals surface area contributed by atoms with Gasteiger partial charge in [0.25, 0.3) is 0 Å². The Balaban J connectivity index is 2.47. The fourth-order valence-electron chi connectivity index (χ4n) is 1.27. The van der Waals surface area contributed by atoms with Gasteiger partial charge in [-0.05, 0) is 17.2 Å². The Kier molecular flexibility index (Phi) is 1.35. The van der Waals surface area contributed by atoms with Crippen LogP contribution in [0.1, 0.15) is 6.42 Å². The summed E-state index contributed by atoms with van der Waals surface area (Å²) < 4.78 is 0. The highest BCUT2D eigenvalue weighted by Crippen LogP contribution is 2.21. The van der Waals surface area contributed by atoms with Crippen molar-refractivity contribution in [3.8, 4) is 0 Å². The van der Waals surface area contributed by atoms with Crippen molar-refractivity contribution < 1.29 is 4.79 Å². The van der Waals surface area contributed by atoms with Crippen molar-refractivity contribution >= 4 is 5.78 Å². The van der Waals surface area contributed by atoms with Gasteiger partial charge in [0.1, 0.15) is 0 Å². The number of carbonyl (C=O) groups excluding carboxylic acids is 1. The number of allylic oxidation sites excluding steroid dienone is 8. The van der Waals surface area contributed by atoms with Crippen molar-refractivity contribution in [2.24, 2.45) is 0 Å². The molecule has 0 heterocycles. The van der Waals surface area contributed by atoms with Gasteiger partial charge in [-0.1, -0.05) is 30.4 Å². The van der Waals surface area contributed by atoms with E-state index in [-0.39, 0.29) is 5.78 Å². The van der Waals surface area contributed by atoms with Gasteiger partial charge in [0.05, 0.1) is 0 Å². The first-order valence-corrected chi connectivity index (χ1v) is 3.66. The lowest BCUT2D eigenvalue weighted by atomic mass is 10.1. The zero-order chi connectivity index (χ0) is 7.68. The number of fused-ring (bicyclic) bond motifs is 1. The SMILES string of the molecule is O=C1C=C2C=CC=C2C=CC1. The standard InChI is InChI=1S/C10H8O/c11-10-6-2-4-8-3-1-5-9(8)7-10/h1-5,7H,6H2. The molecule has 54 valence electrons. The van der Waals surface area contributed by atoms with Crippen LogP contribution in [0.2, 0.25) is 0 Å². The smallest absolute Gasteiger partial charge is 0.160 e. The topological polar surface area (TPSA) is 17.1 Å². The molecule has 1 heteroatoms. The first-order chi connectivity index (χ1) is 5.36. The van der Waals surface area contributed by atoms with Gasteiger partial charge in [-0.3, -0.25) is 4.79 Å². The molecule has 0 saturated carbocycles. The molecule has 0 atom stereocenters. The zero-order valence-electron chi connectivity index (χ0n) is 6.08. The van der Waals surface area contributed by atoms with Crippen molar-refractivity contribution in [1.82, 2.24) is 0 Å². The Morgan fingerprint density at radius 1 is 1.18 bits per heavy atom. The normalized spacial score (nSPS) is 20.9. The predicted octanol–water partition coefficient (Wildman–Crippen LogP) is 1.94. The third kappa shape index (κ3) is 1.09. The molecular weight excluding hydrogens is 136 g/mol. The molecule has 0 aliphatic heterocycles. The Labute approximate surface area is 65.4 Å². The van der Waals surface area contributed by atoms with E-state index in [0.29, 0.717) is 6.42 Å². The third-order valence-corrected chi connectivity index (χ3v) is 1.82. The summed E-state index contributed by atoms with van der Waals surface area (Å²) in [5.74, 6) is 0.186. The van der Waals surface area contributed by atoms with Gasteiger partial charge in [0.2, 0.25) is 0 Å². The molecule has 11 heavy (non-hydrogen) atoms. The number of hydrogen-bond acceptors (Lipinski definition) is 1. The van der Waals surface area contributed by atoms with Crippen LogP contribution >= 0.6 is 0 Å². The summed E-state index contributed by atoms with van der Waals surface area (Å²) in [5, 5.41) is 0. The van der Waals surface area contributed by atoms with E-state index in [0.717, 1.165) is 11.1 Å². The molecule has 2 aliphatic carbocycles. The number of rotatable bonds is 0. The second kappa shape index (κ2) is 2.35. The molecule has 1 nitrogen and oxygen atoms in total. The monoisotopic (exact) mass is 144 g/mol. The Bertz CT molecular complexity index is 314. The van der Waals surface area contributed by atoms with Gasteiger partial charge >= 0.3 is 0 Å². The Morgan fingerprint density at radius 2 is 2.09 bits per heavy atom. The predicted molar refractivity (Wildman–Crippen MR) is 44.1 cm³/mol. The van der Waals surface area contributed by atoms with Crippen LogP contribution in [0, 0.1) is 0 Å². The number of hydrogen-bond donors (Lipinski definition) is 0. The quantitative estimate of drug-likeness (QED) is 0.507. The lowest BCUT2D eigenvalue weighted by molar-refractivity contribution is -0.113. The van der Waals surface area contributed by atoms with Gasteiger partial charge in [0, 0.05) is 6.42 Å². The van der Waals surface area contributed by atoms with Gasteiger partial charge < -0.3 is 0 Å². The highest BCUT2D eigenvalue weighted by Gasteiger charge is 2.08. The summed E-state index contributed by atoms with van der Waals surface area (Å²) in [6.45, 7) is 0. The second-order valence-electron chi connectivity index (χ2n) is 2.65. The summed E-state index contributed by atoms with van der Waals surface area (Å²) >= 11 is 0. The molecule has 0 amide bonds. The van der Waals surface area contributed by atoms with E-state index in [9.17, 15) is 4.79 Å². The maximum Gasteiger partial charge on any atom is 0.160 e. The van der Waals surface area contributed by atoms with E-state index in [1.165, 1.54) is 0 Å². The molecule has 0 aromatic heterocycles. The number of ketones is 1. The van der Waals surface area contributed by atoms with E-state index >= 15 is 0 Å². The average molecular weight is 144 g/mol. The molecular formula is C10H8O. The molecule has 0 fully saturated rings. The number of carbonyl (C=O) groups is 1. The lowest BCUT2D eigenvalue weighted by Gasteiger charge is -1.92. The molecule has 2 rings (SSSR count). The first-order valence-electron chi connectivity index (χ1n) is 3.66. The molecule has 0 saturated heterocycles. The third-order valence-electron chi connectivity index (χ3n) is 1.82. The highest BCUT2D eigenvalue weighted by atomic mass is 16.1. The van der Waals surface area contributed by atoms with Crippen molar-refractivity contribution in [1.29, 1.82) is 0 Å². The molecule has 0 spiro atoms. The minimum Gasteiger partial charge on any atom is -0.294 e. The lowest BCUT2D eigenvalue weighted by Crippen LogP contribution is -1.88. The fourth-order valence-corrected chi connectivity index (χ4v) is 1.27. The van der Waals surface area contributed by atoms with E-state index in [1.54, 1.807) is 6.08 Å². The van der Waals surface area contributed by atoms with Gasteiger partial charge in [-0.25, -0.2) is 0 Å². The Hall–Kier alpha value is -1.37. The molecule has 0 radical (unpaired) electrons. The maximum absolute atomic E-state index is 11.0. The maximum atomic E-state index is 11.0. The summed E-state index contributed by atoms with van der Waals surface area (Å²) in [5.41, 5.74) is 2.19. The largest absolute Gasteiger partial charge is 0.294 e. The summed E-state index contributed by atoms with van der Waals surface area (Å²) in [6.07, 6.45) is 12.1. The van der Waals surface area contributed by atoms with E-state index < -0.39 is 0 Å². The van der Waals surface area contributed by atoms with Crippen molar-refractivity contribution in [2.75, 3.05) is 0 Å². The minimum atomic E-state index is 0.186. The molecule has 0 bridgehead atoms. The van der Waals surface area contributed by atoms with Crippen LogP contribution < -0.4 is 0 Å². The van der Waals surface area contributed by atoms with Crippen LogP contribution in [0.5, 0.6) is 0 Å². The van der Waals surface area contributed by atoms with Crippen LogP contribution in [0.25, 0.3) is 0 Å². The van der Waals surface area contributed by atoms with Gasteiger partial charge in [0.15, 0.2) is 5.78 Å². The Morgan fingerprint density at radius 3 is 3.00 bits per heavy atom. The molecule has 0 unspecified atom stereocenters. The molecule has 0 N–H and O–H groups in total. The first kappa shape index (κ1) is 6.35. The summed E-state index contributed by atoms with van der Waals surface area (Å²) in [6, 6.07) is 0. The van der Waals surface area contributed by atoms with Crippen LogP contribution in [-0.4, -0.2) is 5.78 Å². The van der Waals surface area contributed by atoms with Gasteiger partial charge in [-0.15, -0.1) is 0 Å². The molecule has 2 aliphatic rings. The van der Waals surface area contributed by atoms with Crippen LogP contribution in [-0.2, 0) is 4.79 Å². The van der Waals surface area contributed by atoms with Crippen LogP contribution in [0.4, 0.5) is 0 Å². The van der Waals surface area contributed by atoms with Gasteiger partial charge in [-0.2, -0.15) is 0 Å². The zero-order valence-corrected chi connectivity index (χ0v) is 6.08. The van der Waals surface area contributed by atoms with Crippen LogP contribution in [0.3, 0.4) is 0 Å². The minimum absolute atomic E-state index is 0.186. The highest BCUT2D eigenvalue weighted by molar-refractivity contribution is 5.94. The van der Waals surface area contributed by atoms with Crippen molar-refractivity contribution in [3.63, 3.8) is 0 Å². The second-order valence-corrected chi connectivity index (χ2v) is 2.65. The average Bonchev–Trinajstić information content (AvgIpc) is 2.31. The van der Waals surface area contributed by atoms with E-state index in [1.807, 2.05) is 30.4 Å². The summed E-state index contributed by atoms with van der Waals surface area (Å²) in [7, 11) is 0. The van der Waals surface area contributed by atoms with E-state index in [2.05, 4.69) is 0 Å². The van der Waals surface area contributed by atoms with E-state index in [4.69, 9.17) is 0 Å². The fraction of sp³-hybridized carbons (Fsp3) is 0.100. The molecule has 0 aromatic carbocycles. The van der Waals surface area contributed by atoms with Crippen molar-refractivity contribution in [3.05, 3.63) is 47.6 Å². The summed E-state index contributed by atoms with van der Waals surface area (Å²) in [4.78, 5) is 11.0.